The van der Waals surface area contributed by atoms with E-state index in [0.29, 0.717) is 30.0 Å². The zero-order valence-electron chi connectivity index (χ0n) is 15.6. The average Bonchev–Trinajstić information content (AvgIpc) is 2.85. The Labute approximate surface area is 151 Å². The van der Waals surface area contributed by atoms with Gasteiger partial charge in [-0.2, -0.15) is 0 Å². The van der Waals surface area contributed by atoms with E-state index in [1.165, 1.54) is 12.0 Å². The summed E-state index contributed by atoms with van der Waals surface area (Å²) in [7, 11) is 0. The van der Waals surface area contributed by atoms with E-state index in [2.05, 4.69) is 32.3 Å². The highest BCUT2D eigenvalue weighted by Gasteiger charge is 2.63. The Kier molecular flexibility index (Phi) is 3.82. The summed E-state index contributed by atoms with van der Waals surface area (Å²) in [6.45, 7) is 8.37. The van der Waals surface area contributed by atoms with Gasteiger partial charge in [0, 0.05) is 11.8 Å². The first-order valence-electron chi connectivity index (χ1n) is 9.94. The second-order valence-electron chi connectivity index (χ2n) is 9.30. The van der Waals surface area contributed by atoms with Gasteiger partial charge in [0.15, 0.2) is 5.78 Å². The van der Waals surface area contributed by atoms with E-state index in [9.17, 15) is 9.90 Å². The molecule has 2 heteroatoms. The molecule has 0 bridgehead atoms. The van der Waals surface area contributed by atoms with Crippen LogP contribution in [0.4, 0.5) is 0 Å². The van der Waals surface area contributed by atoms with Crippen molar-refractivity contribution in [3.05, 3.63) is 24.3 Å². The van der Waals surface area contributed by atoms with Crippen molar-refractivity contribution in [2.45, 2.75) is 70.8 Å². The van der Waals surface area contributed by atoms with Crippen molar-refractivity contribution < 1.29 is 9.90 Å². The number of hydrogen-bond donors (Lipinski definition) is 1. The van der Waals surface area contributed by atoms with E-state index in [0.717, 1.165) is 38.5 Å². The van der Waals surface area contributed by atoms with Crippen LogP contribution in [0.15, 0.2) is 24.3 Å². The second-order valence-corrected chi connectivity index (χ2v) is 9.30. The third kappa shape index (κ3) is 2.25. The predicted octanol–water partition coefficient (Wildman–Crippen LogP) is 4.44. The van der Waals surface area contributed by atoms with Crippen LogP contribution >= 0.6 is 0 Å². The molecule has 1 N–H and O–H groups in total. The zero-order valence-corrected chi connectivity index (χ0v) is 15.6. The van der Waals surface area contributed by atoms with Crippen molar-refractivity contribution in [2.24, 2.45) is 28.6 Å². The van der Waals surface area contributed by atoms with Crippen molar-refractivity contribution in [3.8, 4) is 11.8 Å². The van der Waals surface area contributed by atoms with E-state index in [1.54, 1.807) is 6.08 Å². The molecule has 0 aromatic heterocycles. The topological polar surface area (TPSA) is 37.3 Å². The van der Waals surface area contributed by atoms with Crippen LogP contribution in [0.25, 0.3) is 0 Å². The lowest BCUT2D eigenvalue weighted by atomic mass is 9.46. The molecule has 2 nitrogen and oxygen atoms in total. The molecule has 0 radical (unpaired) electrons. The third-order valence-corrected chi connectivity index (χ3v) is 8.49. The normalized spacial score (nSPS) is 48.4. The predicted molar refractivity (Wildman–Crippen MR) is 99.6 cm³/mol. The van der Waals surface area contributed by atoms with E-state index in [-0.39, 0.29) is 10.8 Å². The van der Waals surface area contributed by atoms with Gasteiger partial charge in [-0.3, -0.25) is 4.79 Å². The lowest BCUT2D eigenvalue weighted by Crippen LogP contribution is -2.54. The summed E-state index contributed by atoms with van der Waals surface area (Å²) in [5.41, 5.74) is 0.641. The Morgan fingerprint density at radius 1 is 1.16 bits per heavy atom. The number of aliphatic hydroxyl groups is 1. The highest BCUT2D eigenvalue weighted by atomic mass is 16.3. The standard InChI is InChI=1S/C23H30O2/c1-4-5-11-23(25)14-10-20-18-7-6-16-15-17(24)8-12-21(16,2)19(18)9-13-22(20,23)3/h4,15,18-20,25H,1,6-10,12-14H2,2-3H3/t18-,19-,20+,21+,22+,23?/m1/s1. The number of allylic oxidation sites excluding steroid dienone is 2. The second kappa shape index (κ2) is 5.58. The molecule has 0 spiro atoms. The van der Waals surface area contributed by atoms with Gasteiger partial charge in [0.1, 0.15) is 5.60 Å². The van der Waals surface area contributed by atoms with Crippen molar-refractivity contribution in [1.29, 1.82) is 0 Å². The van der Waals surface area contributed by atoms with E-state index in [1.807, 2.05) is 6.08 Å². The molecule has 3 fully saturated rings. The molecule has 0 saturated heterocycles. The largest absolute Gasteiger partial charge is 0.377 e. The number of hydrogen-bond acceptors (Lipinski definition) is 2. The van der Waals surface area contributed by atoms with E-state index < -0.39 is 5.60 Å². The molecule has 0 aliphatic heterocycles. The van der Waals surface area contributed by atoms with Crippen LogP contribution in [-0.2, 0) is 4.79 Å². The molecule has 134 valence electrons. The maximum Gasteiger partial charge on any atom is 0.155 e. The van der Waals surface area contributed by atoms with Gasteiger partial charge in [0.05, 0.1) is 0 Å². The van der Waals surface area contributed by atoms with Gasteiger partial charge < -0.3 is 5.11 Å². The molecule has 0 heterocycles. The smallest absolute Gasteiger partial charge is 0.155 e. The molecule has 3 saturated carbocycles. The Balaban J connectivity index is 1.68. The molecule has 0 aromatic rings. The molecular formula is C23H30O2. The number of rotatable bonds is 0. The van der Waals surface area contributed by atoms with Crippen molar-refractivity contribution in [3.63, 3.8) is 0 Å². The van der Waals surface area contributed by atoms with Crippen LogP contribution in [0, 0.1) is 40.4 Å². The summed E-state index contributed by atoms with van der Waals surface area (Å²) < 4.78 is 0. The average molecular weight is 338 g/mol. The molecule has 4 aliphatic rings. The van der Waals surface area contributed by atoms with Gasteiger partial charge in [0.2, 0.25) is 0 Å². The summed E-state index contributed by atoms with van der Waals surface area (Å²) in [5, 5.41) is 11.3. The molecule has 0 amide bonds. The number of carbonyl (C=O) groups excluding carboxylic acids is 1. The number of ketones is 1. The molecule has 1 unspecified atom stereocenters. The van der Waals surface area contributed by atoms with Crippen LogP contribution in [0.2, 0.25) is 0 Å². The minimum Gasteiger partial charge on any atom is -0.377 e. The molecule has 6 atom stereocenters. The Hall–Kier alpha value is -1.33. The van der Waals surface area contributed by atoms with Gasteiger partial charge in [-0.15, -0.1) is 0 Å². The third-order valence-electron chi connectivity index (χ3n) is 8.49. The van der Waals surface area contributed by atoms with Gasteiger partial charge in [-0.05, 0) is 80.3 Å². The summed E-state index contributed by atoms with van der Waals surface area (Å²) >= 11 is 0. The van der Waals surface area contributed by atoms with Crippen molar-refractivity contribution in [1.82, 2.24) is 0 Å². The highest BCUT2D eigenvalue weighted by molar-refractivity contribution is 5.91. The van der Waals surface area contributed by atoms with Gasteiger partial charge in [0.25, 0.3) is 0 Å². The van der Waals surface area contributed by atoms with Crippen LogP contribution in [0.3, 0.4) is 0 Å². The molecule has 4 rings (SSSR count). The first kappa shape index (κ1) is 17.1. The lowest BCUT2D eigenvalue weighted by molar-refractivity contribution is -0.119. The van der Waals surface area contributed by atoms with Crippen LogP contribution in [-0.4, -0.2) is 16.5 Å². The molecular weight excluding hydrogens is 308 g/mol. The minimum atomic E-state index is -0.865. The SMILES string of the molecule is C=CC#CC1(O)CC[C@H]2[C@@H]3CCC4=CC(=O)CC[C@]4(C)[C@@H]3CC[C@@]21C. The monoisotopic (exact) mass is 338 g/mol. The fourth-order valence-corrected chi connectivity index (χ4v) is 6.95. The summed E-state index contributed by atoms with van der Waals surface area (Å²) in [4.78, 5) is 11.9. The van der Waals surface area contributed by atoms with Gasteiger partial charge in [-0.25, -0.2) is 0 Å². The fourth-order valence-electron chi connectivity index (χ4n) is 6.95. The fraction of sp³-hybridized carbons (Fsp3) is 0.696. The first-order chi connectivity index (χ1) is 11.8. The summed E-state index contributed by atoms with van der Waals surface area (Å²) in [6.07, 6.45) is 11.6. The number of fused-ring (bicyclic) bond motifs is 5. The number of carbonyl (C=O) groups is 1. The highest BCUT2D eigenvalue weighted by Crippen LogP contribution is 2.67. The van der Waals surface area contributed by atoms with Crippen molar-refractivity contribution in [2.75, 3.05) is 0 Å². The Bertz CT molecular complexity index is 707. The minimum absolute atomic E-state index is 0.105. The maximum atomic E-state index is 11.9. The Morgan fingerprint density at radius 3 is 2.68 bits per heavy atom. The quantitative estimate of drug-likeness (QED) is 0.663. The summed E-state index contributed by atoms with van der Waals surface area (Å²) in [6, 6.07) is 0. The van der Waals surface area contributed by atoms with Crippen LogP contribution in [0.5, 0.6) is 0 Å². The zero-order chi connectivity index (χ0) is 17.9. The van der Waals surface area contributed by atoms with E-state index in [4.69, 9.17) is 0 Å². The summed E-state index contributed by atoms with van der Waals surface area (Å²) in [5.74, 6) is 8.27. The van der Waals surface area contributed by atoms with Crippen LogP contribution in [0.1, 0.15) is 65.2 Å². The Morgan fingerprint density at radius 2 is 1.92 bits per heavy atom. The maximum absolute atomic E-state index is 11.9. The van der Waals surface area contributed by atoms with Gasteiger partial charge >= 0.3 is 0 Å². The van der Waals surface area contributed by atoms with Crippen molar-refractivity contribution >= 4 is 5.78 Å². The lowest BCUT2D eigenvalue weighted by Gasteiger charge is -2.58. The molecule has 25 heavy (non-hydrogen) atoms. The first-order valence-corrected chi connectivity index (χ1v) is 9.94. The van der Waals surface area contributed by atoms with Gasteiger partial charge in [-0.1, -0.05) is 37.8 Å². The van der Waals surface area contributed by atoms with Crippen LogP contribution < -0.4 is 0 Å². The molecule has 4 aliphatic carbocycles. The van der Waals surface area contributed by atoms with E-state index >= 15 is 0 Å². The molecule has 0 aromatic carbocycles.